The summed E-state index contributed by atoms with van der Waals surface area (Å²) in [6.45, 7) is 0. The molecule has 0 saturated heterocycles. The summed E-state index contributed by atoms with van der Waals surface area (Å²) in [7, 11) is 2.49. The second-order valence-electron chi connectivity index (χ2n) is 5.00. The van der Waals surface area contributed by atoms with Gasteiger partial charge in [0, 0.05) is 11.3 Å². The molecular weight excluding hydrogens is 366 g/mol. The summed E-state index contributed by atoms with van der Waals surface area (Å²) in [5, 5.41) is 2.65. The van der Waals surface area contributed by atoms with Crippen LogP contribution in [-0.2, 0) is 20.7 Å². The van der Waals surface area contributed by atoms with Crippen LogP contribution in [0.3, 0.4) is 0 Å². The van der Waals surface area contributed by atoms with Gasteiger partial charge in [0.1, 0.15) is 0 Å². The molecule has 1 amide bonds. The normalized spacial score (nSPS) is 10.2. The molecule has 2 rings (SSSR count). The Labute approximate surface area is 153 Å². The number of carbonyl (C=O) groups excluding carboxylic acids is 3. The molecule has 0 aliphatic carbocycles. The maximum Gasteiger partial charge on any atom is 0.339 e. The number of carbonyl (C=O) groups is 3. The second kappa shape index (κ2) is 8.64. The SMILES string of the molecule is COC(=O)c1ccc(C(=O)OC)c(NC(=O)CCc2ccc(Cl)s2)c1. The van der Waals surface area contributed by atoms with Crippen molar-refractivity contribution in [2.75, 3.05) is 19.5 Å². The molecule has 0 aliphatic heterocycles. The predicted octanol–water partition coefficient (Wildman–Crippen LogP) is 3.55. The van der Waals surface area contributed by atoms with E-state index in [1.807, 2.05) is 6.07 Å². The zero-order valence-corrected chi connectivity index (χ0v) is 15.2. The van der Waals surface area contributed by atoms with Crippen molar-refractivity contribution >= 4 is 46.5 Å². The molecule has 2 aromatic rings. The van der Waals surface area contributed by atoms with E-state index in [1.165, 1.54) is 43.8 Å². The first kappa shape index (κ1) is 19.0. The molecule has 1 heterocycles. The van der Waals surface area contributed by atoms with E-state index in [0.717, 1.165) is 4.88 Å². The van der Waals surface area contributed by atoms with Gasteiger partial charge in [0.05, 0.1) is 35.4 Å². The van der Waals surface area contributed by atoms with Crippen LogP contribution in [0.1, 0.15) is 32.0 Å². The predicted molar refractivity (Wildman–Crippen MR) is 95.4 cm³/mol. The van der Waals surface area contributed by atoms with Crippen LogP contribution in [0.15, 0.2) is 30.3 Å². The zero-order valence-electron chi connectivity index (χ0n) is 13.6. The van der Waals surface area contributed by atoms with E-state index in [-0.39, 0.29) is 29.1 Å². The Balaban J connectivity index is 2.15. The molecule has 1 aromatic heterocycles. The van der Waals surface area contributed by atoms with E-state index in [9.17, 15) is 14.4 Å². The Morgan fingerprint density at radius 2 is 1.80 bits per heavy atom. The number of anilines is 1. The molecule has 1 N–H and O–H groups in total. The largest absolute Gasteiger partial charge is 0.465 e. The van der Waals surface area contributed by atoms with Crippen LogP contribution in [0, 0.1) is 0 Å². The zero-order chi connectivity index (χ0) is 18.4. The Hall–Kier alpha value is -2.38. The number of hydrogen-bond acceptors (Lipinski definition) is 6. The Bertz CT molecular complexity index is 802. The number of esters is 2. The van der Waals surface area contributed by atoms with Gasteiger partial charge in [-0.1, -0.05) is 11.6 Å². The number of benzene rings is 1. The Morgan fingerprint density at radius 3 is 2.40 bits per heavy atom. The van der Waals surface area contributed by atoms with Crippen molar-refractivity contribution in [2.45, 2.75) is 12.8 Å². The van der Waals surface area contributed by atoms with Gasteiger partial charge in [0.25, 0.3) is 0 Å². The molecule has 8 heteroatoms. The Kier molecular flexibility index (Phi) is 6.55. The first-order valence-electron chi connectivity index (χ1n) is 7.29. The number of nitrogens with one attached hydrogen (secondary N) is 1. The van der Waals surface area contributed by atoms with Gasteiger partial charge in [0.15, 0.2) is 0 Å². The smallest absolute Gasteiger partial charge is 0.339 e. The van der Waals surface area contributed by atoms with Crippen LogP contribution in [0.4, 0.5) is 5.69 Å². The van der Waals surface area contributed by atoms with E-state index in [4.69, 9.17) is 16.3 Å². The molecule has 0 unspecified atom stereocenters. The van der Waals surface area contributed by atoms with Crippen LogP contribution in [0.2, 0.25) is 4.34 Å². The van der Waals surface area contributed by atoms with Gasteiger partial charge in [-0.25, -0.2) is 9.59 Å². The number of halogens is 1. The Morgan fingerprint density at radius 1 is 1.08 bits per heavy atom. The minimum Gasteiger partial charge on any atom is -0.465 e. The summed E-state index contributed by atoms with van der Waals surface area (Å²) in [6.07, 6.45) is 0.730. The van der Waals surface area contributed by atoms with Gasteiger partial charge < -0.3 is 14.8 Å². The van der Waals surface area contributed by atoms with Crippen molar-refractivity contribution in [1.29, 1.82) is 0 Å². The van der Waals surface area contributed by atoms with Crippen molar-refractivity contribution in [1.82, 2.24) is 0 Å². The fourth-order valence-corrected chi connectivity index (χ4v) is 3.20. The van der Waals surface area contributed by atoms with Gasteiger partial charge >= 0.3 is 11.9 Å². The fraction of sp³-hybridized carbons (Fsp3) is 0.235. The molecule has 0 aliphatic rings. The standard InChI is InChI=1S/C17H16ClNO5S/c1-23-16(21)10-3-6-12(17(22)24-2)13(9-10)19-15(20)8-5-11-4-7-14(18)25-11/h3-4,6-7,9H,5,8H2,1-2H3,(H,19,20). The summed E-state index contributed by atoms with van der Waals surface area (Å²) in [4.78, 5) is 36.7. The average molecular weight is 382 g/mol. The maximum atomic E-state index is 12.2. The van der Waals surface area contributed by atoms with E-state index < -0.39 is 11.9 Å². The van der Waals surface area contributed by atoms with Crippen LogP contribution < -0.4 is 5.32 Å². The first-order chi connectivity index (χ1) is 11.9. The highest BCUT2D eigenvalue weighted by atomic mass is 35.5. The quantitative estimate of drug-likeness (QED) is 0.774. The number of thiophene rings is 1. The lowest BCUT2D eigenvalue weighted by molar-refractivity contribution is -0.116. The molecule has 1 aromatic carbocycles. The highest BCUT2D eigenvalue weighted by Gasteiger charge is 2.17. The minimum absolute atomic E-state index is 0.155. The molecule has 6 nitrogen and oxygen atoms in total. The number of hydrogen-bond donors (Lipinski definition) is 1. The fourth-order valence-electron chi connectivity index (χ4n) is 2.12. The van der Waals surface area contributed by atoms with E-state index in [2.05, 4.69) is 10.1 Å². The van der Waals surface area contributed by atoms with E-state index in [1.54, 1.807) is 6.07 Å². The number of ether oxygens (including phenoxy) is 2. The molecule has 0 spiro atoms. The molecule has 0 fully saturated rings. The maximum absolute atomic E-state index is 12.2. The van der Waals surface area contributed by atoms with Gasteiger partial charge in [-0.2, -0.15) is 0 Å². The number of amides is 1. The van der Waals surface area contributed by atoms with E-state index >= 15 is 0 Å². The summed E-state index contributed by atoms with van der Waals surface area (Å²) < 4.78 is 10.0. The highest BCUT2D eigenvalue weighted by Crippen LogP contribution is 2.23. The lowest BCUT2D eigenvalue weighted by Gasteiger charge is -2.11. The summed E-state index contributed by atoms with van der Waals surface area (Å²) in [5.74, 6) is -1.48. The van der Waals surface area contributed by atoms with Gasteiger partial charge in [0.2, 0.25) is 5.91 Å². The third kappa shape index (κ3) is 5.04. The number of aryl methyl sites for hydroxylation is 1. The first-order valence-corrected chi connectivity index (χ1v) is 8.48. The van der Waals surface area contributed by atoms with Crippen molar-refractivity contribution in [3.63, 3.8) is 0 Å². The van der Waals surface area contributed by atoms with Crippen molar-refractivity contribution in [2.24, 2.45) is 0 Å². The second-order valence-corrected chi connectivity index (χ2v) is 6.80. The number of rotatable bonds is 6. The number of methoxy groups -OCH3 is 2. The average Bonchev–Trinajstić information content (AvgIpc) is 3.04. The lowest BCUT2D eigenvalue weighted by atomic mass is 10.1. The van der Waals surface area contributed by atoms with Crippen LogP contribution in [0.25, 0.3) is 0 Å². The molecular formula is C17H16ClNO5S. The van der Waals surface area contributed by atoms with Gasteiger partial charge in [-0.3, -0.25) is 4.79 Å². The van der Waals surface area contributed by atoms with E-state index in [0.29, 0.717) is 10.8 Å². The molecule has 0 saturated carbocycles. The van der Waals surface area contributed by atoms with Crippen molar-refractivity contribution in [3.8, 4) is 0 Å². The van der Waals surface area contributed by atoms with Crippen molar-refractivity contribution in [3.05, 3.63) is 50.7 Å². The third-order valence-corrected chi connectivity index (χ3v) is 4.64. The van der Waals surface area contributed by atoms with Crippen molar-refractivity contribution < 1.29 is 23.9 Å². The van der Waals surface area contributed by atoms with Crippen LogP contribution in [-0.4, -0.2) is 32.1 Å². The molecule has 25 heavy (non-hydrogen) atoms. The molecule has 132 valence electrons. The lowest BCUT2D eigenvalue weighted by Crippen LogP contribution is -2.16. The topological polar surface area (TPSA) is 81.7 Å². The molecule has 0 radical (unpaired) electrons. The monoisotopic (exact) mass is 381 g/mol. The van der Waals surface area contributed by atoms with Crippen LogP contribution in [0.5, 0.6) is 0 Å². The van der Waals surface area contributed by atoms with Gasteiger partial charge in [-0.15, -0.1) is 11.3 Å². The summed E-state index contributed by atoms with van der Waals surface area (Å²) in [5.41, 5.74) is 0.571. The highest BCUT2D eigenvalue weighted by molar-refractivity contribution is 7.16. The summed E-state index contributed by atoms with van der Waals surface area (Å²) >= 11 is 7.27. The van der Waals surface area contributed by atoms with Crippen LogP contribution >= 0.6 is 22.9 Å². The molecule has 0 atom stereocenters. The minimum atomic E-state index is -0.614. The van der Waals surface area contributed by atoms with Gasteiger partial charge in [-0.05, 0) is 36.8 Å². The summed E-state index contributed by atoms with van der Waals surface area (Å²) in [6, 6.07) is 7.86. The third-order valence-electron chi connectivity index (χ3n) is 3.35. The molecule has 0 bridgehead atoms.